The zero-order chi connectivity index (χ0) is 24.1. The first kappa shape index (κ1) is 24.6. The van der Waals surface area contributed by atoms with Crippen molar-refractivity contribution in [1.82, 2.24) is 10.2 Å². The highest BCUT2D eigenvalue weighted by molar-refractivity contribution is 6.30. The fourth-order valence-corrected chi connectivity index (χ4v) is 4.90. The van der Waals surface area contributed by atoms with Gasteiger partial charge in [-0.1, -0.05) is 23.7 Å². The lowest BCUT2D eigenvalue weighted by Crippen LogP contribution is -2.46. The van der Waals surface area contributed by atoms with Crippen molar-refractivity contribution in [3.05, 3.63) is 64.7 Å². The topological polar surface area (TPSA) is 61.4 Å². The molecule has 1 aliphatic heterocycles. The zero-order valence-corrected chi connectivity index (χ0v) is 19.8. The Hall–Kier alpha value is -2.51. The van der Waals surface area contributed by atoms with Crippen molar-refractivity contribution < 1.29 is 18.4 Å². The van der Waals surface area contributed by atoms with E-state index in [0.29, 0.717) is 42.8 Å². The number of piperidine rings is 1. The molecule has 1 atom stereocenters. The van der Waals surface area contributed by atoms with Crippen molar-refractivity contribution in [2.75, 3.05) is 18.4 Å². The highest BCUT2D eigenvalue weighted by atomic mass is 35.5. The molecule has 2 amide bonds. The lowest BCUT2D eigenvalue weighted by atomic mass is 9.90. The summed E-state index contributed by atoms with van der Waals surface area (Å²) in [5.74, 6) is -3.08. The molecule has 1 unspecified atom stereocenters. The monoisotopic (exact) mass is 489 g/mol. The largest absolute Gasteiger partial charge is 0.353 e. The molecular formula is C26H30ClF2N3O2. The number of nitrogens with one attached hydrogen (secondary N) is 2. The second-order valence-electron chi connectivity index (χ2n) is 9.37. The Morgan fingerprint density at radius 3 is 2.50 bits per heavy atom. The molecule has 34 heavy (non-hydrogen) atoms. The van der Waals surface area contributed by atoms with Gasteiger partial charge in [0, 0.05) is 47.6 Å². The van der Waals surface area contributed by atoms with E-state index in [4.69, 9.17) is 11.6 Å². The fourth-order valence-electron chi connectivity index (χ4n) is 4.78. The lowest BCUT2D eigenvalue weighted by molar-refractivity contribution is -0.128. The lowest BCUT2D eigenvalue weighted by Gasteiger charge is -2.34. The predicted octanol–water partition coefficient (Wildman–Crippen LogP) is 5.50. The molecule has 5 nitrogen and oxygen atoms in total. The first-order valence-electron chi connectivity index (χ1n) is 11.8. The second kappa shape index (κ2) is 10.8. The van der Waals surface area contributed by atoms with E-state index in [1.807, 2.05) is 24.3 Å². The van der Waals surface area contributed by atoms with Crippen molar-refractivity contribution in [3.63, 3.8) is 0 Å². The molecule has 0 aromatic heterocycles. The summed E-state index contributed by atoms with van der Waals surface area (Å²) < 4.78 is 27.2. The van der Waals surface area contributed by atoms with Crippen LogP contribution in [0.2, 0.25) is 5.02 Å². The molecule has 0 spiro atoms. The first-order chi connectivity index (χ1) is 16.3. The van der Waals surface area contributed by atoms with Crippen LogP contribution in [0.15, 0.2) is 48.5 Å². The fraction of sp³-hybridized carbons (Fsp3) is 0.462. The molecule has 2 fully saturated rings. The van der Waals surface area contributed by atoms with Crippen LogP contribution in [0.4, 0.5) is 14.5 Å². The summed E-state index contributed by atoms with van der Waals surface area (Å²) in [6, 6.07) is 14.0. The summed E-state index contributed by atoms with van der Waals surface area (Å²) in [6.45, 7) is 2.24. The Morgan fingerprint density at radius 2 is 1.79 bits per heavy atom. The van der Waals surface area contributed by atoms with Crippen molar-refractivity contribution >= 4 is 29.1 Å². The molecule has 1 saturated heterocycles. The molecule has 182 valence electrons. The summed E-state index contributed by atoms with van der Waals surface area (Å²) in [5.41, 5.74) is 2.32. The molecule has 0 radical (unpaired) electrons. The highest BCUT2D eigenvalue weighted by Gasteiger charge is 2.37. The van der Waals surface area contributed by atoms with Crippen molar-refractivity contribution in [1.29, 1.82) is 0 Å². The first-order valence-corrected chi connectivity index (χ1v) is 12.2. The van der Waals surface area contributed by atoms with E-state index in [-0.39, 0.29) is 30.6 Å². The number of alkyl halides is 2. The Bertz CT molecular complexity index is 1010. The van der Waals surface area contributed by atoms with Gasteiger partial charge in [0.25, 0.3) is 5.91 Å². The van der Waals surface area contributed by atoms with Crippen LogP contribution in [0.25, 0.3) is 0 Å². The molecule has 1 aliphatic carbocycles. The smallest absolute Gasteiger partial charge is 0.255 e. The minimum Gasteiger partial charge on any atom is -0.353 e. The quantitative estimate of drug-likeness (QED) is 0.563. The van der Waals surface area contributed by atoms with Crippen LogP contribution in [-0.4, -0.2) is 41.8 Å². The van der Waals surface area contributed by atoms with Gasteiger partial charge in [-0.05, 0) is 80.7 Å². The van der Waals surface area contributed by atoms with Gasteiger partial charge in [-0.25, -0.2) is 8.78 Å². The van der Waals surface area contributed by atoms with E-state index >= 15 is 0 Å². The van der Waals surface area contributed by atoms with E-state index in [2.05, 4.69) is 15.5 Å². The summed E-state index contributed by atoms with van der Waals surface area (Å²) in [5, 5.41) is 6.36. The molecule has 2 aliphatic rings. The summed E-state index contributed by atoms with van der Waals surface area (Å²) in [7, 11) is 0. The third-order valence-corrected chi connectivity index (χ3v) is 6.89. The SMILES string of the molecule is O=C(Nc1cccc(CN2CCC(C(=O)NC3CCCC(F)(F)C3)CC2)c1)c1ccc(Cl)cc1. The van der Waals surface area contributed by atoms with Gasteiger partial charge in [-0.3, -0.25) is 14.5 Å². The molecule has 1 saturated carbocycles. The van der Waals surface area contributed by atoms with E-state index in [0.717, 1.165) is 24.3 Å². The van der Waals surface area contributed by atoms with E-state index in [9.17, 15) is 18.4 Å². The van der Waals surface area contributed by atoms with Crippen LogP contribution < -0.4 is 10.6 Å². The molecular weight excluding hydrogens is 460 g/mol. The van der Waals surface area contributed by atoms with Gasteiger partial charge in [0.2, 0.25) is 11.8 Å². The van der Waals surface area contributed by atoms with Gasteiger partial charge in [-0.15, -0.1) is 0 Å². The van der Waals surface area contributed by atoms with Crippen LogP contribution in [0.3, 0.4) is 0 Å². The number of amides is 2. The van der Waals surface area contributed by atoms with Gasteiger partial charge in [-0.2, -0.15) is 0 Å². The molecule has 0 bridgehead atoms. The molecule has 2 aromatic rings. The predicted molar refractivity (Wildman–Crippen MR) is 129 cm³/mol. The number of halogens is 3. The minimum absolute atomic E-state index is 0.0796. The molecule has 2 aromatic carbocycles. The Balaban J connectivity index is 1.25. The Morgan fingerprint density at radius 1 is 1.06 bits per heavy atom. The highest BCUT2D eigenvalue weighted by Crippen LogP contribution is 2.33. The molecule has 8 heteroatoms. The normalized spacial score (nSPS) is 21.1. The van der Waals surface area contributed by atoms with Crippen LogP contribution in [0.1, 0.15) is 54.4 Å². The number of likely N-dealkylation sites (tertiary alicyclic amines) is 1. The number of anilines is 1. The third kappa shape index (κ3) is 6.76. The summed E-state index contributed by atoms with van der Waals surface area (Å²) in [6.07, 6.45) is 2.18. The second-order valence-corrected chi connectivity index (χ2v) is 9.81. The van der Waals surface area contributed by atoms with Gasteiger partial charge < -0.3 is 10.6 Å². The summed E-state index contributed by atoms with van der Waals surface area (Å²) in [4.78, 5) is 27.3. The van der Waals surface area contributed by atoms with Gasteiger partial charge in [0.05, 0.1) is 0 Å². The van der Waals surface area contributed by atoms with Crippen LogP contribution in [0.5, 0.6) is 0 Å². The van der Waals surface area contributed by atoms with Crippen LogP contribution in [-0.2, 0) is 11.3 Å². The zero-order valence-electron chi connectivity index (χ0n) is 19.0. The van der Waals surface area contributed by atoms with Gasteiger partial charge >= 0.3 is 0 Å². The molecule has 1 heterocycles. The average molecular weight is 490 g/mol. The number of benzene rings is 2. The maximum Gasteiger partial charge on any atom is 0.255 e. The van der Waals surface area contributed by atoms with Crippen molar-refractivity contribution in [3.8, 4) is 0 Å². The number of carbonyl (C=O) groups excluding carboxylic acids is 2. The maximum atomic E-state index is 13.6. The van der Waals surface area contributed by atoms with Gasteiger partial charge in [0.15, 0.2) is 0 Å². The Labute approximate surface area is 203 Å². The van der Waals surface area contributed by atoms with Crippen LogP contribution >= 0.6 is 11.6 Å². The average Bonchev–Trinajstić information content (AvgIpc) is 2.79. The number of hydrogen-bond donors (Lipinski definition) is 2. The standard InChI is InChI=1S/C26H30ClF2N3O2/c27-21-8-6-19(7-9-21)24(33)30-22-4-1-3-18(15-22)17-32-13-10-20(11-14-32)25(34)31-23-5-2-12-26(28,29)16-23/h1,3-4,6-9,15,20,23H,2,5,10-14,16-17H2,(H,30,33)(H,31,34). The number of hydrogen-bond acceptors (Lipinski definition) is 3. The Kier molecular flexibility index (Phi) is 7.84. The van der Waals surface area contributed by atoms with Crippen molar-refractivity contribution in [2.45, 2.75) is 57.0 Å². The number of carbonyl (C=O) groups is 2. The minimum atomic E-state index is -2.66. The number of nitrogens with zero attached hydrogens (tertiary/aromatic N) is 1. The molecule has 4 rings (SSSR count). The van der Waals surface area contributed by atoms with E-state index < -0.39 is 12.0 Å². The van der Waals surface area contributed by atoms with Gasteiger partial charge in [0.1, 0.15) is 0 Å². The third-order valence-electron chi connectivity index (χ3n) is 6.64. The maximum absolute atomic E-state index is 13.6. The van der Waals surface area contributed by atoms with E-state index in [1.165, 1.54) is 0 Å². The number of rotatable bonds is 6. The molecule has 2 N–H and O–H groups in total. The van der Waals surface area contributed by atoms with E-state index in [1.54, 1.807) is 24.3 Å². The van der Waals surface area contributed by atoms with Crippen LogP contribution in [0, 0.1) is 5.92 Å². The van der Waals surface area contributed by atoms with Crippen molar-refractivity contribution in [2.24, 2.45) is 5.92 Å². The summed E-state index contributed by atoms with van der Waals surface area (Å²) >= 11 is 5.88.